The molecule has 6 heteroatoms. The molecule has 1 aromatic carbocycles. The molecule has 0 radical (unpaired) electrons. The molecule has 0 saturated carbocycles. The zero-order valence-corrected chi connectivity index (χ0v) is 13.0. The third-order valence-electron chi connectivity index (χ3n) is 3.85. The summed E-state index contributed by atoms with van der Waals surface area (Å²) in [5.41, 5.74) is 1.96. The Morgan fingerprint density at radius 2 is 1.85 bits per heavy atom. The number of hydrogen-bond donors (Lipinski definition) is 1. The Balaban J connectivity index is 0.00000147. The van der Waals surface area contributed by atoms with Crippen molar-refractivity contribution in [2.45, 2.75) is 18.8 Å². The zero-order valence-electron chi connectivity index (χ0n) is 11.4. The summed E-state index contributed by atoms with van der Waals surface area (Å²) in [5, 5.41) is 4.41. The first-order chi connectivity index (χ1) is 9.07. The molecule has 0 bridgehead atoms. The molecule has 1 fully saturated rings. The Kier molecular flexibility index (Phi) is 4.42. The van der Waals surface area contributed by atoms with Gasteiger partial charge in [0.05, 0.1) is 11.8 Å². The van der Waals surface area contributed by atoms with Gasteiger partial charge < -0.3 is 5.32 Å². The molecule has 3 rings (SSSR count). The van der Waals surface area contributed by atoms with Crippen molar-refractivity contribution in [1.82, 2.24) is 9.29 Å². The van der Waals surface area contributed by atoms with Gasteiger partial charge in [0.2, 0.25) is 10.0 Å². The molecule has 0 atom stereocenters. The van der Waals surface area contributed by atoms with E-state index in [0.717, 1.165) is 36.8 Å². The lowest BCUT2D eigenvalue weighted by Gasteiger charge is -2.22. The first-order valence-electron chi connectivity index (χ1n) is 6.58. The minimum absolute atomic E-state index is 0. The highest BCUT2D eigenvalue weighted by Crippen LogP contribution is 2.33. The Morgan fingerprint density at radius 1 is 1.20 bits per heavy atom. The van der Waals surface area contributed by atoms with Crippen LogP contribution in [0.15, 0.2) is 30.5 Å². The highest BCUT2D eigenvalue weighted by atomic mass is 35.5. The van der Waals surface area contributed by atoms with Crippen LogP contribution in [0.3, 0.4) is 0 Å². The van der Waals surface area contributed by atoms with Crippen molar-refractivity contribution in [1.29, 1.82) is 0 Å². The summed E-state index contributed by atoms with van der Waals surface area (Å²) < 4.78 is 25.2. The van der Waals surface area contributed by atoms with Crippen LogP contribution in [0.2, 0.25) is 0 Å². The number of benzene rings is 1. The number of nitrogens with zero attached hydrogens (tertiary/aromatic N) is 1. The SMILES string of the molecule is CS(=O)(=O)n1cc(C2CCNCC2)c2ccccc21.Cl. The molecule has 2 heterocycles. The fraction of sp³-hybridized carbons (Fsp3) is 0.429. The first kappa shape index (κ1) is 15.4. The summed E-state index contributed by atoms with van der Waals surface area (Å²) in [4.78, 5) is 0. The van der Waals surface area contributed by atoms with Crippen LogP contribution in [0, 0.1) is 0 Å². The second-order valence-electron chi connectivity index (χ2n) is 5.18. The fourth-order valence-electron chi connectivity index (χ4n) is 2.91. The average molecular weight is 315 g/mol. The third-order valence-corrected chi connectivity index (χ3v) is 4.86. The predicted molar refractivity (Wildman–Crippen MR) is 84.3 cm³/mol. The smallest absolute Gasteiger partial charge is 0.236 e. The summed E-state index contributed by atoms with van der Waals surface area (Å²) in [6.45, 7) is 2.01. The predicted octanol–water partition coefficient (Wildman–Crippen LogP) is 2.34. The number of fused-ring (bicyclic) bond motifs is 1. The number of halogens is 1. The van der Waals surface area contributed by atoms with Gasteiger partial charge in [-0.3, -0.25) is 0 Å². The normalized spacial score (nSPS) is 17.1. The Morgan fingerprint density at radius 3 is 2.50 bits per heavy atom. The minimum atomic E-state index is -3.25. The van der Waals surface area contributed by atoms with Crippen LogP contribution in [0.25, 0.3) is 10.9 Å². The summed E-state index contributed by atoms with van der Waals surface area (Å²) >= 11 is 0. The molecule has 20 heavy (non-hydrogen) atoms. The maximum absolute atomic E-state index is 11.9. The van der Waals surface area contributed by atoms with Crippen LogP contribution in [0.5, 0.6) is 0 Å². The summed E-state index contributed by atoms with van der Waals surface area (Å²) in [7, 11) is -3.25. The molecule has 1 saturated heterocycles. The molecule has 4 nitrogen and oxygen atoms in total. The lowest BCUT2D eigenvalue weighted by atomic mass is 9.90. The van der Waals surface area contributed by atoms with Gasteiger partial charge in [-0.2, -0.15) is 0 Å². The molecule has 1 aliphatic heterocycles. The molecular weight excluding hydrogens is 296 g/mol. The van der Waals surface area contributed by atoms with E-state index in [1.54, 1.807) is 0 Å². The molecule has 1 aliphatic rings. The Labute approximate surface area is 125 Å². The molecule has 2 aromatic rings. The van der Waals surface area contributed by atoms with E-state index in [-0.39, 0.29) is 12.4 Å². The van der Waals surface area contributed by atoms with Gasteiger partial charge in [0, 0.05) is 11.6 Å². The second-order valence-corrected chi connectivity index (χ2v) is 7.04. The molecule has 1 N–H and O–H groups in total. The lowest BCUT2D eigenvalue weighted by molar-refractivity contribution is 0.462. The maximum Gasteiger partial charge on any atom is 0.236 e. The highest BCUT2D eigenvalue weighted by Gasteiger charge is 2.22. The molecular formula is C14H19ClN2O2S. The van der Waals surface area contributed by atoms with Crippen LogP contribution in [-0.2, 0) is 10.0 Å². The van der Waals surface area contributed by atoms with E-state index in [1.165, 1.54) is 15.8 Å². The largest absolute Gasteiger partial charge is 0.317 e. The molecule has 0 amide bonds. The summed E-state index contributed by atoms with van der Waals surface area (Å²) in [5.74, 6) is 0.453. The van der Waals surface area contributed by atoms with Crippen LogP contribution < -0.4 is 5.32 Å². The van der Waals surface area contributed by atoms with E-state index < -0.39 is 10.0 Å². The van der Waals surface area contributed by atoms with Crippen LogP contribution in [0.4, 0.5) is 0 Å². The Hall–Kier alpha value is -1.04. The minimum Gasteiger partial charge on any atom is -0.317 e. The average Bonchev–Trinajstić information content (AvgIpc) is 2.79. The van der Waals surface area contributed by atoms with Gasteiger partial charge in [-0.15, -0.1) is 12.4 Å². The summed E-state index contributed by atoms with van der Waals surface area (Å²) in [6.07, 6.45) is 5.21. The third kappa shape index (κ3) is 2.71. The van der Waals surface area contributed by atoms with Crippen molar-refractivity contribution in [2.24, 2.45) is 0 Å². The van der Waals surface area contributed by atoms with Crippen molar-refractivity contribution < 1.29 is 8.42 Å². The maximum atomic E-state index is 11.9. The number of piperidine rings is 1. The van der Waals surface area contributed by atoms with Gasteiger partial charge >= 0.3 is 0 Å². The first-order valence-corrected chi connectivity index (χ1v) is 8.43. The van der Waals surface area contributed by atoms with Gasteiger partial charge in [-0.05, 0) is 43.5 Å². The number of para-hydroxylation sites is 1. The number of rotatable bonds is 2. The van der Waals surface area contributed by atoms with Gasteiger partial charge in [0.1, 0.15) is 0 Å². The molecule has 110 valence electrons. The monoisotopic (exact) mass is 314 g/mol. The summed E-state index contributed by atoms with van der Waals surface area (Å²) in [6, 6.07) is 7.76. The van der Waals surface area contributed by atoms with Crippen LogP contribution in [-0.4, -0.2) is 31.7 Å². The molecule has 0 aliphatic carbocycles. The molecule has 1 aromatic heterocycles. The number of aromatic nitrogens is 1. The number of hydrogen-bond acceptors (Lipinski definition) is 3. The van der Waals surface area contributed by atoms with E-state index in [4.69, 9.17) is 0 Å². The van der Waals surface area contributed by atoms with Crippen molar-refractivity contribution in [3.63, 3.8) is 0 Å². The van der Waals surface area contributed by atoms with Crippen molar-refractivity contribution in [3.05, 3.63) is 36.0 Å². The highest BCUT2D eigenvalue weighted by molar-refractivity contribution is 7.89. The van der Waals surface area contributed by atoms with Crippen molar-refractivity contribution >= 4 is 33.3 Å². The van der Waals surface area contributed by atoms with Crippen molar-refractivity contribution in [3.8, 4) is 0 Å². The van der Waals surface area contributed by atoms with E-state index >= 15 is 0 Å². The van der Waals surface area contributed by atoms with Gasteiger partial charge in [-0.25, -0.2) is 12.4 Å². The topological polar surface area (TPSA) is 51.1 Å². The van der Waals surface area contributed by atoms with E-state index in [2.05, 4.69) is 5.32 Å². The molecule has 0 spiro atoms. The van der Waals surface area contributed by atoms with Gasteiger partial charge in [0.15, 0.2) is 0 Å². The lowest BCUT2D eigenvalue weighted by Crippen LogP contribution is -2.26. The Bertz CT molecular complexity index is 703. The number of nitrogens with one attached hydrogen (secondary N) is 1. The standard InChI is InChI=1S/C14H18N2O2S.ClH/c1-19(17,18)16-10-13(11-6-8-15-9-7-11)12-4-2-3-5-14(12)16;/h2-5,10-11,15H,6-9H2,1H3;1H. The van der Waals surface area contributed by atoms with E-state index in [1.807, 2.05) is 30.5 Å². The second kappa shape index (κ2) is 5.76. The van der Waals surface area contributed by atoms with Crippen molar-refractivity contribution in [2.75, 3.05) is 19.3 Å². The van der Waals surface area contributed by atoms with Gasteiger partial charge in [-0.1, -0.05) is 18.2 Å². The zero-order chi connectivity index (χ0) is 13.5. The fourth-order valence-corrected chi connectivity index (χ4v) is 3.73. The van der Waals surface area contributed by atoms with E-state index in [9.17, 15) is 8.42 Å². The van der Waals surface area contributed by atoms with Gasteiger partial charge in [0.25, 0.3) is 0 Å². The van der Waals surface area contributed by atoms with E-state index in [0.29, 0.717) is 5.92 Å². The quantitative estimate of drug-likeness (QED) is 0.925. The van der Waals surface area contributed by atoms with Crippen LogP contribution in [0.1, 0.15) is 24.3 Å². The van der Waals surface area contributed by atoms with Crippen LogP contribution >= 0.6 is 12.4 Å². The molecule has 0 unspecified atom stereocenters.